The number of barbiturate groups is 1. The van der Waals surface area contributed by atoms with Crippen LogP contribution in [-0.4, -0.2) is 17.8 Å². The summed E-state index contributed by atoms with van der Waals surface area (Å²) in [4.78, 5) is 36.5. The zero-order chi connectivity index (χ0) is 13.8. The first-order chi connectivity index (χ1) is 8.95. The maximum atomic E-state index is 13.8. The minimum Gasteiger partial charge on any atom is -0.276 e. The number of imide groups is 2. The highest BCUT2D eigenvalue weighted by Gasteiger charge is 2.62. The largest absolute Gasteiger partial charge is 0.335 e. The minimum absolute atomic E-state index is 0.110. The predicted octanol–water partition coefficient (Wildman–Crippen LogP) is 1.50. The van der Waals surface area contributed by atoms with Crippen LogP contribution in [0.5, 0.6) is 0 Å². The normalized spacial score (nSPS) is 20.7. The Balaban J connectivity index is 2.08. The molecule has 0 atom stereocenters. The summed E-state index contributed by atoms with van der Waals surface area (Å²) in [6.07, 6.45) is 0.795. The molecule has 1 spiro atoms. The fraction of sp³-hybridized carbons (Fsp3) is 0.308. The summed E-state index contributed by atoms with van der Waals surface area (Å²) in [6.45, 7) is 1.73. The Hall–Kier alpha value is -2.24. The van der Waals surface area contributed by atoms with Gasteiger partial charge in [0, 0.05) is 0 Å². The molecule has 1 heterocycles. The van der Waals surface area contributed by atoms with E-state index in [0.717, 1.165) is 10.5 Å². The van der Waals surface area contributed by atoms with Gasteiger partial charge in [-0.1, -0.05) is 6.07 Å². The number of aryl methyl sites for hydroxylation is 1. The molecule has 0 radical (unpaired) electrons. The minimum atomic E-state index is -1.16. The number of carbonyl (C=O) groups excluding carboxylic acids is 3. The lowest BCUT2D eigenvalue weighted by molar-refractivity contribution is -0.136. The topological polar surface area (TPSA) is 66.5 Å². The maximum Gasteiger partial charge on any atom is 0.335 e. The summed E-state index contributed by atoms with van der Waals surface area (Å²) in [5, 5.41) is 2.12. The van der Waals surface area contributed by atoms with E-state index in [2.05, 4.69) is 5.32 Å². The number of carbonyl (C=O) groups is 3. The number of hydrogen-bond donors (Lipinski definition) is 1. The van der Waals surface area contributed by atoms with Gasteiger partial charge in [-0.3, -0.25) is 14.9 Å². The number of hydrogen-bond acceptors (Lipinski definition) is 3. The molecule has 5 nitrogen and oxygen atoms in total. The number of amides is 4. The molecule has 0 unspecified atom stereocenters. The Kier molecular flexibility index (Phi) is 2.26. The van der Waals surface area contributed by atoms with E-state index in [0.29, 0.717) is 12.8 Å². The van der Waals surface area contributed by atoms with Crippen LogP contribution in [0.3, 0.4) is 0 Å². The average molecular weight is 262 g/mol. The summed E-state index contributed by atoms with van der Waals surface area (Å²) >= 11 is 0. The third-order valence-corrected chi connectivity index (χ3v) is 3.56. The van der Waals surface area contributed by atoms with Crippen molar-refractivity contribution >= 4 is 23.5 Å². The maximum absolute atomic E-state index is 13.8. The van der Waals surface area contributed by atoms with Gasteiger partial charge in [0.15, 0.2) is 0 Å². The molecular weight excluding hydrogens is 251 g/mol. The molecule has 1 aromatic rings. The summed E-state index contributed by atoms with van der Waals surface area (Å²) in [6, 6.07) is 3.26. The molecule has 0 bridgehead atoms. The lowest BCUT2D eigenvalue weighted by Crippen LogP contribution is -2.59. The molecule has 1 N–H and O–H groups in total. The number of benzene rings is 1. The Morgan fingerprint density at radius 2 is 1.95 bits per heavy atom. The van der Waals surface area contributed by atoms with Gasteiger partial charge in [0.1, 0.15) is 11.2 Å². The molecule has 1 aliphatic carbocycles. The zero-order valence-electron chi connectivity index (χ0n) is 10.2. The van der Waals surface area contributed by atoms with E-state index in [-0.39, 0.29) is 5.69 Å². The second-order valence-corrected chi connectivity index (χ2v) is 4.94. The molecule has 98 valence electrons. The number of nitrogens with one attached hydrogen (secondary N) is 1. The predicted molar refractivity (Wildman–Crippen MR) is 63.8 cm³/mol. The molecule has 19 heavy (non-hydrogen) atoms. The van der Waals surface area contributed by atoms with Crippen molar-refractivity contribution in [3.63, 3.8) is 0 Å². The zero-order valence-corrected chi connectivity index (χ0v) is 10.2. The Bertz CT molecular complexity index is 622. The van der Waals surface area contributed by atoms with Gasteiger partial charge in [-0.15, -0.1) is 0 Å². The first kappa shape index (κ1) is 11.8. The fourth-order valence-corrected chi connectivity index (χ4v) is 2.25. The van der Waals surface area contributed by atoms with Crippen molar-refractivity contribution in [3.05, 3.63) is 29.6 Å². The first-order valence-electron chi connectivity index (χ1n) is 5.92. The number of urea groups is 1. The highest BCUT2D eigenvalue weighted by molar-refractivity contribution is 6.31. The standard InChI is InChI=1S/C13H11FN2O3/c1-7-2-3-8(14)9(6-7)16-11(18)13(4-5-13)10(17)15-12(16)19/h2-3,6H,4-5H2,1H3,(H,15,17,19). The molecule has 2 aliphatic rings. The highest BCUT2D eigenvalue weighted by Crippen LogP contribution is 2.49. The Morgan fingerprint density at radius 1 is 1.26 bits per heavy atom. The smallest absolute Gasteiger partial charge is 0.276 e. The molecule has 1 aromatic carbocycles. The van der Waals surface area contributed by atoms with Crippen LogP contribution in [0, 0.1) is 18.2 Å². The Morgan fingerprint density at radius 3 is 2.58 bits per heavy atom. The van der Waals surface area contributed by atoms with Crippen LogP contribution in [0.1, 0.15) is 18.4 Å². The van der Waals surface area contributed by atoms with E-state index in [9.17, 15) is 18.8 Å². The van der Waals surface area contributed by atoms with Crippen LogP contribution in [0.15, 0.2) is 18.2 Å². The van der Waals surface area contributed by atoms with E-state index in [1.807, 2.05) is 0 Å². The van der Waals surface area contributed by atoms with Gasteiger partial charge in [-0.2, -0.15) is 0 Å². The van der Waals surface area contributed by atoms with Crippen LogP contribution in [0.2, 0.25) is 0 Å². The van der Waals surface area contributed by atoms with E-state index in [1.54, 1.807) is 13.0 Å². The molecule has 3 rings (SSSR count). The monoisotopic (exact) mass is 262 g/mol. The molecule has 1 aliphatic heterocycles. The van der Waals surface area contributed by atoms with Crippen LogP contribution < -0.4 is 10.2 Å². The van der Waals surface area contributed by atoms with Gasteiger partial charge >= 0.3 is 6.03 Å². The number of nitrogens with zero attached hydrogens (tertiary/aromatic N) is 1. The number of rotatable bonds is 1. The van der Waals surface area contributed by atoms with Gasteiger partial charge in [-0.25, -0.2) is 14.1 Å². The van der Waals surface area contributed by atoms with E-state index in [4.69, 9.17) is 0 Å². The third-order valence-electron chi connectivity index (χ3n) is 3.56. The summed E-state index contributed by atoms with van der Waals surface area (Å²) in [5.74, 6) is -1.88. The molecule has 0 aromatic heterocycles. The van der Waals surface area contributed by atoms with Crippen LogP contribution in [-0.2, 0) is 9.59 Å². The van der Waals surface area contributed by atoms with Crippen molar-refractivity contribution < 1.29 is 18.8 Å². The molecule has 1 saturated carbocycles. The van der Waals surface area contributed by atoms with Crippen LogP contribution >= 0.6 is 0 Å². The highest BCUT2D eigenvalue weighted by atomic mass is 19.1. The average Bonchev–Trinajstić information content (AvgIpc) is 3.13. The van der Waals surface area contributed by atoms with Gasteiger partial charge in [0.2, 0.25) is 5.91 Å². The van der Waals surface area contributed by atoms with Gasteiger partial charge < -0.3 is 0 Å². The molecule has 2 fully saturated rings. The number of halogens is 1. The van der Waals surface area contributed by atoms with E-state index >= 15 is 0 Å². The SMILES string of the molecule is Cc1ccc(F)c(N2C(=O)NC(=O)C3(CC3)C2=O)c1. The van der Waals surface area contributed by atoms with Crippen molar-refractivity contribution in [3.8, 4) is 0 Å². The first-order valence-corrected chi connectivity index (χ1v) is 5.92. The summed E-state index contributed by atoms with van der Waals surface area (Å²) < 4.78 is 13.8. The lowest BCUT2D eigenvalue weighted by Gasteiger charge is -2.30. The third kappa shape index (κ3) is 1.56. The molecule has 4 amide bonds. The van der Waals surface area contributed by atoms with Gasteiger partial charge in [0.25, 0.3) is 5.91 Å². The van der Waals surface area contributed by atoms with E-state index in [1.165, 1.54) is 12.1 Å². The Labute approximate surface area is 108 Å². The quantitative estimate of drug-likeness (QED) is 0.780. The van der Waals surface area contributed by atoms with Crippen molar-refractivity contribution in [2.24, 2.45) is 5.41 Å². The van der Waals surface area contributed by atoms with Crippen LogP contribution in [0.25, 0.3) is 0 Å². The van der Waals surface area contributed by atoms with Gasteiger partial charge in [-0.05, 0) is 37.5 Å². The lowest BCUT2D eigenvalue weighted by atomic mass is 10.0. The van der Waals surface area contributed by atoms with Crippen molar-refractivity contribution in [1.82, 2.24) is 5.32 Å². The van der Waals surface area contributed by atoms with Crippen molar-refractivity contribution in [2.75, 3.05) is 4.90 Å². The van der Waals surface area contributed by atoms with E-state index < -0.39 is 29.1 Å². The van der Waals surface area contributed by atoms with Gasteiger partial charge in [0.05, 0.1) is 5.69 Å². The number of anilines is 1. The summed E-state index contributed by atoms with van der Waals surface area (Å²) in [5.41, 5.74) is -0.551. The van der Waals surface area contributed by atoms with Crippen molar-refractivity contribution in [1.29, 1.82) is 0 Å². The second-order valence-electron chi connectivity index (χ2n) is 4.94. The summed E-state index contributed by atoms with van der Waals surface area (Å²) in [7, 11) is 0. The van der Waals surface area contributed by atoms with Crippen LogP contribution in [0.4, 0.5) is 14.9 Å². The second kappa shape index (κ2) is 3.63. The molecular formula is C13H11FN2O3. The van der Waals surface area contributed by atoms with Crippen molar-refractivity contribution in [2.45, 2.75) is 19.8 Å². The molecule has 1 saturated heterocycles. The molecule has 6 heteroatoms. The fourth-order valence-electron chi connectivity index (χ4n) is 2.25.